The number of hydrogen-bond acceptors (Lipinski definition) is 3. The number of nitrogens with one attached hydrogen (secondary N) is 2. The molecule has 21 heavy (non-hydrogen) atoms. The lowest BCUT2D eigenvalue weighted by Gasteiger charge is -2.24. The number of anilines is 1. The zero-order chi connectivity index (χ0) is 14.9. The van der Waals surface area contributed by atoms with Crippen molar-refractivity contribution in [3.8, 4) is 11.8 Å². The molecule has 2 amide bonds. The van der Waals surface area contributed by atoms with Gasteiger partial charge in [0.05, 0.1) is 26.3 Å². The van der Waals surface area contributed by atoms with Gasteiger partial charge in [-0.2, -0.15) is 0 Å². The van der Waals surface area contributed by atoms with Crippen molar-refractivity contribution in [2.24, 2.45) is 0 Å². The van der Waals surface area contributed by atoms with Crippen LogP contribution in [0.4, 0.5) is 10.5 Å². The first kappa shape index (κ1) is 15.4. The van der Waals surface area contributed by atoms with Crippen LogP contribution in [-0.4, -0.2) is 50.3 Å². The zero-order valence-electron chi connectivity index (χ0n) is 12.3. The van der Waals surface area contributed by atoms with Gasteiger partial charge in [-0.25, -0.2) is 4.79 Å². The molecular formula is C16H21N3O2. The van der Waals surface area contributed by atoms with Crippen molar-refractivity contribution in [2.75, 3.05) is 44.7 Å². The number of carbonyl (C=O) groups is 1. The summed E-state index contributed by atoms with van der Waals surface area (Å²) in [5.41, 5.74) is 1.85. The minimum absolute atomic E-state index is 0.232. The fraction of sp³-hybridized carbons (Fsp3) is 0.438. The Morgan fingerprint density at radius 2 is 2.05 bits per heavy atom. The van der Waals surface area contributed by atoms with Gasteiger partial charge in [0, 0.05) is 18.8 Å². The van der Waals surface area contributed by atoms with Crippen molar-refractivity contribution in [2.45, 2.75) is 6.92 Å². The van der Waals surface area contributed by atoms with Gasteiger partial charge < -0.3 is 15.4 Å². The van der Waals surface area contributed by atoms with E-state index >= 15 is 0 Å². The monoisotopic (exact) mass is 287 g/mol. The Balaban J connectivity index is 1.66. The number of carbonyl (C=O) groups excluding carboxylic acids is 1. The van der Waals surface area contributed by atoms with Gasteiger partial charge in [-0.05, 0) is 18.6 Å². The minimum atomic E-state index is -0.232. The molecule has 5 nitrogen and oxygen atoms in total. The van der Waals surface area contributed by atoms with Crippen LogP contribution in [0.3, 0.4) is 0 Å². The Labute approximate surface area is 125 Å². The van der Waals surface area contributed by atoms with E-state index in [1.54, 1.807) is 0 Å². The molecule has 2 N–H and O–H groups in total. The van der Waals surface area contributed by atoms with Gasteiger partial charge in [0.25, 0.3) is 0 Å². The quantitative estimate of drug-likeness (QED) is 0.827. The number of nitrogens with zero attached hydrogens (tertiary/aromatic N) is 1. The van der Waals surface area contributed by atoms with Crippen LogP contribution in [0.5, 0.6) is 0 Å². The average molecular weight is 287 g/mol. The molecular weight excluding hydrogens is 266 g/mol. The van der Waals surface area contributed by atoms with E-state index < -0.39 is 0 Å². The van der Waals surface area contributed by atoms with Gasteiger partial charge >= 0.3 is 6.03 Å². The van der Waals surface area contributed by atoms with Crippen LogP contribution in [0, 0.1) is 18.8 Å². The van der Waals surface area contributed by atoms with Crippen LogP contribution in [0.25, 0.3) is 0 Å². The summed E-state index contributed by atoms with van der Waals surface area (Å²) in [7, 11) is 0. The molecule has 0 radical (unpaired) electrons. The number of urea groups is 1. The molecule has 2 rings (SSSR count). The van der Waals surface area contributed by atoms with Crippen molar-refractivity contribution < 1.29 is 9.53 Å². The zero-order valence-corrected chi connectivity index (χ0v) is 12.3. The Hall–Kier alpha value is -2.03. The van der Waals surface area contributed by atoms with E-state index in [-0.39, 0.29) is 6.03 Å². The SMILES string of the molecule is Cc1ccccc1NC(=O)NCC#CCN1CCOCC1. The molecule has 1 fully saturated rings. The van der Waals surface area contributed by atoms with E-state index in [0.29, 0.717) is 6.54 Å². The normalized spacial score (nSPS) is 14.9. The summed E-state index contributed by atoms with van der Waals surface area (Å²) in [6.07, 6.45) is 0. The first-order valence-corrected chi connectivity index (χ1v) is 7.12. The highest BCUT2D eigenvalue weighted by atomic mass is 16.5. The number of hydrogen-bond donors (Lipinski definition) is 2. The highest BCUT2D eigenvalue weighted by Crippen LogP contribution is 2.12. The third-order valence-electron chi connectivity index (χ3n) is 3.26. The summed E-state index contributed by atoms with van der Waals surface area (Å²) in [6, 6.07) is 7.43. The van der Waals surface area contributed by atoms with E-state index in [1.807, 2.05) is 31.2 Å². The standard InChI is InChI=1S/C16H21N3O2/c1-14-6-2-3-7-15(14)18-16(20)17-8-4-5-9-19-10-12-21-13-11-19/h2-3,6-7H,8-13H2,1H3,(H2,17,18,20). The molecule has 1 aliphatic rings. The smallest absolute Gasteiger partial charge is 0.320 e. The molecule has 1 saturated heterocycles. The minimum Gasteiger partial charge on any atom is -0.379 e. The Bertz CT molecular complexity index is 528. The van der Waals surface area contributed by atoms with Gasteiger partial charge in [-0.1, -0.05) is 30.0 Å². The first-order chi connectivity index (χ1) is 10.3. The average Bonchev–Trinajstić information content (AvgIpc) is 2.50. The molecule has 0 unspecified atom stereocenters. The third kappa shape index (κ3) is 5.46. The number of aryl methyl sites for hydroxylation is 1. The Kier molecular flexibility index (Phi) is 6.07. The molecule has 0 spiro atoms. The molecule has 0 aliphatic carbocycles. The fourth-order valence-electron chi connectivity index (χ4n) is 1.99. The maximum absolute atomic E-state index is 11.7. The lowest BCUT2D eigenvalue weighted by atomic mass is 10.2. The van der Waals surface area contributed by atoms with E-state index in [4.69, 9.17) is 4.74 Å². The van der Waals surface area contributed by atoms with Crippen LogP contribution < -0.4 is 10.6 Å². The van der Waals surface area contributed by atoms with E-state index in [2.05, 4.69) is 27.4 Å². The molecule has 1 aromatic carbocycles. The number of morpholine rings is 1. The predicted octanol–water partition coefficient (Wildman–Crippen LogP) is 1.45. The first-order valence-electron chi connectivity index (χ1n) is 7.12. The maximum Gasteiger partial charge on any atom is 0.320 e. The molecule has 0 aromatic heterocycles. The predicted molar refractivity (Wildman–Crippen MR) is 83.2 cm³/mol. The van der Waals surface area contributed by atoms with E-state index in [1.165, 1.54) is 0 Å². The van der Waals surface area contributed by atoms with Crippen LogP contribution in [0.2, 0.25) is 0 Å². The van der Waals surface area contributed by atoms with Crippen molar-refractivity contribution in [3.63, 3.8) is 0 Å². The number of rotatable bonds is 3. The molecule has 5 heteroatoms. The van der Waals surface area contributed by atoms with E-state index in [0.717, 1.165) is 44.1 Å². The van der Waals surface area contributed by atoms with E-state index in [9.17, 15) is 4.79 Å². The highest BCUT2D eigenvalue weighted by Gasteiger charge is 2.07. The van der Waals surface area contributed by atoms with Gasteiger partial charge in [0.1, 0.15) is 0 Å². The van der Waals surface area contributed by atoms with Gasteiger partial charge in [0.15, 0.2) is 0 Å². The van der Waals surface area contributed by atoms with Crippen molar-refractivity contribution in [1.82, 2.24) is 10.2 Å². The second-order valence-corrected chi connectivity index (χ2v) is 4.86. The van der Waals surface area contributed by atoms with Crippen LogP contribution in [0.1, 0.15) is 5.56 Å². The molecule has 1 aliphatic heterocycles. The van der Waals surface area contributed by atoms with Gasteiger partial charge in [0.2, 0.25) is 0 Å². The maximum atomic E-state index is 11.7. The van der Waals surface area contributed by atoms with Crippen LogP contribution in [-0.2, 0) is 4.74 Å². The summed E-state index contributed by atoms with van der Waals surface area (Å²) in [5.74, 6) is 6.02. The molecule has 112 valence electrons. The molecule has 0 atom stereocenters. The van der Waals surface area contributed by atoms with Crippen molar-refractivity contribution in [1.29, 1.82) is 0 Å². The lowest BCUT2D eigenvalue weighted by molar-refractivity contribution is 0.0443. The van der Waals surface area contributed by atoms with Gasteiger partial charge in [-0.15, -0.1) is 0 Å². The number of ether oxygens (including phenoxy) is 1. The summed E-state index contributed by atoms with van der Waals surface area (Å²) in [4.78, 5) is 14.0. The second-order valence-electron chi connectivity index (χ2n) is 4.86. The number of amides is 2. The summed E-state index contributed by atoms with van der Waals surface area (Å²) >= 11 is 0. The van der Waals surface area contributed by atoms with Crippen molar-refractivity contribution >= 4 is 11.7 Å². The molecule has 1 aromatic rings. The molecule has 0 bridgehead atoms. The molecule has 0 saturated carbocycles. The van der Waals surface area contributed by atoms with Crippen molar-refractivity contribution in [3.05, 3.63) is 29.8 Å². The lowest BCUT2D eigenvalue weighted by Crippen LogP contribution is -2.36. The van der Waals surface area contributed by atoms with Crippen LogP contribution >= 0.6 is 0 Å². The van der Waals surface area contributed by atoms with Crippen LogP contribution in [0.15, 0.2) is 24.3 Å². The Morgan fingerprint density at radius 1 is 1.29 bits per heavy atom. The summed E-state index contributed by atoms with van der Waals surface area (Å²) in [5, 5.41) is 5.53. The largest absolute Gasteiger partial charge is 0.379 e. The number of para-hydroxylation sites is 1. The summed E-state index contributed by atoms with van der Waals surface area (Å²) < 4.78 is 5.27. The molecule has 1 heterocycles. The second kappa shape index (κ2) is 8.30. The highest BCUT2D eigenvalue weighted by molar-refractivity contribution is 5.90. The number of benzene rings is 1. The fourth-order valence-corrected chi connectivity index (χ4v) is 1.99. The Morgan fingerprint density at radius 3 is 2.81 bits per heavy atom. The van der Waals surface area contributed by atoms with Gasteiger partial charge in [-0.3, -0.25) is 4.90 Å². The summed E-state index contributed by atoms with van der Waals surface area (Å²) in [6.45, 7) is 6.44. The topological polar surface area (TPSA) is 53.6 Å². The third-order valence-corrected chi connectivity index (χ3v) is 3.26.